The minimum Gasteiger partial charge on any atom is -0.451 e. The predicted octanol–water partition coefficient (Wildman–Crippen LogP) is 4.07. The minimum absolute atomic E-state index is 0.198. The van der Waals surface area contributed by atoms with Gasteiger partial charge in [-0.05, 0) is 49.7 Å². The van der Waals surface area contributed by atoms with Gasteiger partial charge in [-0.3, -0.25) is 0 Å². The summed E-state index contributed by atoms with van der Waals surface area (Å²) in [6.45, 7) is 3.54. The molecule has 0 saturated heterocycles. The molecule has 0 N–H and O–H groups in total. The summed E-state index contributed by atoms with van der Waals surface area (Å²) < 4.78 is 42.3. The molecule has 26 heavy (non-hydrogen) atoms. The molecule has 2 aromatic carbocycles. The second-order valence-corrected chi connectivity index (χ2v) is 9.56. The van der Waals surface area contributed by atoms with Gasteiger partial charge in [-0.1, -0.05) is 30.0 Å². The molecular weight excluding hydrogens is 375 g/mol. The third-order valence-corrected chi connectivity index (χ3v) is 6.14. The number of halogens is 1. The molecule has 0 aromatic heterocycles. The number of ether oxygens (including phenoxy) is 1. The maximum Gasteiger partial charge on any atom is 0.346 e. The van der Waals surface area contributed by atoms with E-state index in [1.54, 1.807) is 38.1 Å². The molecule has 0 atom stereocenters. The fourth-order valence-electron chi connectivity index (χ4n) is 2.79. The van der Waals surface area contributed by atoms with E-state index in [4.69, 9.17) is 4.74 Å². The molecule has 0 aliphatic carbocycles. The summed E-state index contributed by atoms with van der Waals surface area (Å²) in [5, 5.41) is 0. The third kappa shape index (κ3) is 3.68. The van der Waals surface area contributed by atoms with Crippen LogP contribution in [0.15, 0.2) is 63.2 Å². The Balaban J connectivity index is 2.09. The molecule has 2 aromatic rings. The van der Waals surface area contributed by atoms with Crippen LogP contribution in [0.4, 0.5) is 4.39 Å². The van der Waals surface area contributed by atoms with Crippen LogP contribution >= 0.6 is 11.8 Å². The van der Waals surface area contributed by atoms with Gasteiger partial charge >= 0.3 is 5.97 Å². The number of carbonyl (C=O) groups excluding carboxylic acids is 1. The van der Waals surface area contributed by atoms with E-state index in [1.165, 1.54) is 24.3 Å². The van der Waals surface area contributed by atoms with Crippen molar-refractivity contribution in [2.75, 3.05) is 6.26 Å². The fraction of sp³-hybridized carbons (Fsp3) is 0.211. The normalized spacial score (nSPS) is 16.7. The van der Waals surface area contributed by atoms with Gasteiger partial charge in [0.2, 0.25) is 0 Å². The smallest absolute Gasteiger partial charge is 0.346 e. The van der Waals surface area contributed by atoms with Gasteiger partial charge in [-0.15, -0.1) is 0 Å². The molecular formula is C19H17FO4S2. The number of hydrogen-bond acceptors (Lipinski definition) is 5. The van der Waals surface area contributed by atoms with Crippen molar-refractivity contribution in [1.82, 2.24) is 0 Å². The minimum atomic E-state index is -3.31. The molecule has 136 valence electrons. The van der Waals surface area contributed by atoms with Gasteiger partial charge in [0, 0.05) is 16.7 Å². The van der Waals surface area contributed by atoms with Crippen LogP contribution in [0, 0.1) is 5.82 Å². The van der Waals surface area contributed by atoms with Crippen LogP contribution in [0.5, 0.6) is 0 Å². The molecule has 3 rings (SSSR count). The molecule has 4 nitrogen and oxygen atoms in total. The number of rotatable bonds is 4. The highest BCUT2D eigenvalue weighted by molar-refractivity contribution is 8.04. The number of cyclic esters (lactones) is 1. The van der Waals surface area contributed by atoms with E-state index in [2.05, 4.69) is 0 Å². The Hall–Kier alpha value is -2.12. The molecule has 0 bridgehead atoms. The number of esters is 1. The van der Waals surface area contributed by atoms with E-state index < -0.39 is 21.4 Å². The molecule has 1 heterocycles. The first kappa shape index (κ1) is 18.7. The molecule has 0 fully saturated rings. The van der Waals surface area contributed by atoms with Gasteiger partial charge in [0.05, 0.1) is 4.90 Å². The number of thioether (sulfide) groups is 1. The van der Waals surface area contributed by atoms with Gasteiger partial charge in [0.25, 0.3) is 0 Å². The Labute approximate surface area is 156 Å². The molecule has 0 spiro atoms. The van der Waals surface area contributed by atoms with E-state index in [0.29, 0.717) is 20.9 Å². The first-order valence-electron chi connectivity index (χ1n) is 7.80. The van der Waals surface area contributed by atoms with E-state index in [1.807, 2.05) is 0 Å². The summed E-state index contributed by atoms with van der Waals surface area (Å²) >= 11 is 1.14. The highest BCUT2D eigenvalue weighted by Crippen LogP contribution is 2.46. The number of hydrogen-bond donors (Lipinski definition) is 0. The van der Waals surface area contributed by atoms with Crippen molar-refractivity contribution in [3.63, 3.8) is 0 Å². The van der Waals surface area contributed by atoms with E-state index >= 15 is 0 Å². The first-order valence-corrected chi connectivity index (χ1v) is 10.5. The zero-order valence-corrected chi connectivity index (χ0v) is 16.1. The Morgan fingerprint density at radius 2 is 1.73 bits per heavy atom. The quantitative estimate of drug-likeness (QED) is 0.734. The second kappa shape index (κ2) is 6.55. The molecule has 0 amide bonds. The van der Waals surface area contributed by atoms with E-state index in [-0.39, 0.29) is 10.7 Å². The number of carbonyl (C=O) groups is 1. The Morgan fingerprint density at radius 1 is 1.08 bits per heavy atom. The average molecular weight is 392 g/mol. The van der Waals surface area contributed by atoms with Crippen molar-refractivity contribution in [3.05, 3.63) is 64.8 Å². The van der Waals surface area contributed by atoms with Gasteiger partial charge in [-0.25, -0.2) is 17.6 Å². The third-order valence-electron chi connectivity index (χ3n) is 3.95. The number of sulfone groups is 1. The zero-order chi connectivity index (χ0) is 19.1. The van der Waals surface area contributed by atoms with Crippen LogP contribution in [-0.2, 0) is 19.4 Å². The topological polar surface area (TPSA) is 60.4 Å². The van der Waals surface area contributed by atoms with Crippen LogP contribution in [0.3, 0.4) is 0 Å². The summed E-state index contributed by atoms with van der Waals surface area (Å²) in [4.78, 5) is 13.5. The Bertz CT molecular complexity index is 1010. The summed E-state index contributed by atoms with van der Waals surface area (Å²) in [7, 11) is -3.31. The maximum atomic E-state index is 13.5. The summed E-state index contributed by atoms with van der Waals surface area (Å²) in [5.41, 5.74) is 0.461. The van der Waals surface area contributed by atoms with Crippen molar-refractivity contribution in [3.8, 4) is 0 Å². The van der Waals surface area contributed by atoms with Crippen LogP contribution < -0.4 is 0 Å². The van der Waals surface area contributed by atoms with Crippen molar-refractivity contribution >= 4 is 33.1 Å². The van der Waals surface area contributed by atoms with Crippen molar-refractivity contribution in [2.24, 2.45) is 0 Å². The number of benzene rings is 2. The van der Waals surface area contributed by atoms with Gasteiger partial charge < -0.3 is 4.74 Å². The summed E-state index contributed by atoms with van der Waals surface area (Å²) in [5.74, 6) is -0.869. The summed E-state index contributed by atoms with van der Waals surface area (Å²) in [6, 6.07) is 12.3. The van der Waals surface area contributed by atoms with Crippen molar-refractivity contribution in [1.29, 1.82) is 0 Å². The lowest BCUT2D eigenvalue weighted by atomic mass is 9.92. The standard InChI is InChI=1S/C19H17FO4S2/c1-19(2)16(12-7-9-15(10-8-12)26(3,22)23)17(18(21)24-19)25-14-6-4-5-13(20)11-14/h4-11H,1-3H3. The second-order valence-electron chi connectivity index (χ2n) is 6.46. The molecule has 7 heteroatoms. The van der Waals surface area contributed by atoms with Crippen molar-refractivity contribution < 1.29 is 22.3 Å². The average Bonchev–Trinajstić information content (AvgIpc) is 2.75. The monoisotopic (exact) mass is 392 g/mol. The van der Waals surface area contributed by atoms with Gasteiger partial charge in [-0.2, -0.15) is 0 Å². The lowest BCUT2D eigenvalue weighted by Gasteiger charge is -2.21. The molecule has 1 aliphatic heterocycles. The highest BCUT2D eigenvalue weighted by Gasteiger charge is 2.41. The van der Waals surface area contributed by atoms with Crippen LogP contribution in [0.25, 0.3) is 5.57 Å². The van der Waals surface area contributed by atoms with Gasteiger partial charge in [0.1, 0.15) is 16.3 Å². The zero-order valence-electron chi connectivity index (χ0n) is 14.4. The fourth-order valence-corrected chi connectivity index (χ4v) is 4.57. The largest absolute Gasteiger partial charge is 0.451 e. The lowest BCUT2D eigenvalue weighted by molar-refractivity contribution is -0.143. The Kier molecular flexibility index (Phi) is 4.71. The van der Waals surface area contributed by atoms with Crippen LogP contribution in [0.2, 0.25) is 0 Å². The first-order chi connectivity index (χ1) is 12.1. The van der Waals surface area contributed by atoms with Crippen LogP contribution in [-0.4, -0.2) is 26.2 Å². The van der Waals surface area contributed by atoms with Gasteiger partial charge in [0.15, 0.2) is 9.84 Å². The molecule has 1 aliphatic rings. The predicted molar refractivity (Wildman–Crippen MR) is 98.9 cm³/mol. The summed E-state index contributed by atoms with van der Waals surface area (Å²) in [6.07, 6.45) is 1.14. The van der Waals surface area contributed by atoms with E-state index in [0.717, 1.165) is 18.0 Å². The molecule has 0 radical (unpaired) electrons. The lowest BCUT2D eigenvalue weighted by Crippen LogP contribution is -2.22. The maximum absolute atomic E-state index is 13.5. The Morgan fingerprint density at radius 3 is 2.31 bits per heavy atom. The highest BCUT2D eigenvalue weighted by atomic mass is 32.2. The molecule has 0 unspecified atom stereocenters. The molecule has 0 saturated carbocycles. The van der Waals surface area contributed by atoms with E-state index in [9.17, 15) is 17.6 Å². The SMILES string of the molecule is CC1(C)OC(=O)C(Sc2cccc(F)c2)=C1c1ccc(S(C)(=O)=O)cc1. The van der Waals surface area contributed by atoms with Crippen LogP contribution in [0.1, 0.15) is 19.4 Å². The van der Waals surface area contributed by atoms with Crippen molar-refractivity contribution in [2.45, 2.75) is 29.2 Å².